The standard InChI is InChI=1S/C10H11ClO3/c1-6-5-8(11)3-4-9(6)14-7(2)10(12)13/h3-5,7H,1-2H3,(H,12,13)/i3+1,4+1,5+1,6+1,8+1,9+1. The van der Waals surface area contributed by atoms with Gasteiger partial charge in [-0.05, 0) is 37.6 Å². The van der Waals surface area contributed by atoms with E-state index in [2.05, 4.69) is 0 Å². The Morgan fingerprint density at radius 3 is 2.71 bits per heavy atom. The first kappa shape index (κ1) is 10.9. The summed E-state index contributed by atoms with van der Waals surface area (Å²) in [6.07, 6.45) is -0.852. The third kappa shape index (κ3) is 2.64. The van der Waals surface area contributed by atoms with Crippen LogP contribution >= 0.6 is 11.6 Å². The minimum Gasteiger partial charge on any atom is -0.479 e. The summed E-state index contributed by atoms with van der Waals surface area (Å²) in [5.41, 5.74) is 0.825. The van der Waals surface area contributed by atoms with Gasteiger partial charge in [-0.15, -0.1) is 0 Å². The van der Waals surface area contributed by atoms with Gasteiger partial charge in [0, 0.05) is 5.02 Å². The van der Waals surface area contributed by atoms with Crippen LogP contribution in [-0.4, -0.2) is 17.2 Å². The molecule has 0 fully saturated rings. The Hall–Kier alpha value is -1.22. The predicted octanol–water partition coefficient (Wildman–Crippen LogP) is 2.50. The number of rotatable bonds is 3. The van der Waals surface area contributed by atoms with Crippen LogP contribution < -0.4 is 4.74 Å². The quantitative estimate of drug-likeness (QED) is 0.851. The molecular formula is C10H11ClO3. The Balaban J connectivity index is 2.82. The molecule has 0 aliphatic heterocycles. The lowest BCUT2D eigenvalue weighted by Gasteiger charge is -2.12. The van der Waals surface area contributed by atoms with Crippen molar-refractivity contribution in [2.24, 2.45) is 0 Å². The molecule has 1 aromatic carbocycles. The summed E-state index contributed by atoms with van der Waals surface area (Å²) in [6.45, 7) is 3.30. The highest BCUT2D eigenvalue weighted by Gasteiger charge is 2.13. The Morgan fingerprint density at radius 1 is 1.57 bits per heavy atom. The average molecular weight is 221 g/mol. The third-order valence-electron chi connectivity index (χ3n) is 1.79. The van der Waals surface area contributed by atoms with Crippen LogP contribution in [0, 0.1) is 6.92 Å². The summed E-state index contributed by atoms with van der Waals surface area (Å²) in [5, 5.41) is 9.25. The summed E-state index contributed by atoms with van der Waals surface area (Å²) in [7, 11) is 0. The number of aliphatic carboxylic acids is 1. The maximum Gasteiger partial charge on any atom is 0.344 e. The van der Waals surface area contributed by atoms with Gasteiger partial charge in [-0.2, -0.15) is 0 Å². The first-order valence-electron chi connectivity index (χ1n) is 4.16. The molecule has 3 nitrogen and oxygen atoms in total. The van der Waals surface area contributed by atoms with E-state index in [0.717, 1.165) is 5.56 Å². The lowest BCUT2D eigenvalue weighted by molar-refractivity contribution is -0.144. The van der Waals surface area contributed by atoms with Crippen LogP contribution in [0.3, 0.4) is 0 Å². The highest BCUT2D eigenvalue weighted by atomic mass is 35.5. The van der Waals surface area contributed by atoms with E-state index in [1.165, 1.54) is 6.92 Å². The Morgan fingerprint density at radius 2 is 2.21 bits per heavy atom. The van der Waals surface area contributed by atoms with Crippen LogP contribution in [0.5, 0.6) is 5.75 Å². The number of ether oxygens (including phenoxy) is 1. The van der Waals surface area contributed by atoms with E-state index in [9.17, 15) is 4.79 Å². The van der Waals surface area contributed by atoms with E-state index >= 15 is 0 Å². The summed E-state index contributed by atoms with van der Waals surface area (Å²) in [4.78, 5) is 10.5. The number of carboxylic acid groups (broad SMARTS) is 1. The fraction of sp³-hybridized carbons (Fsp3) is 0.300. The van der Waals surface area contributed by atoms with Gasteiger partial charge in [0.25, 0.3) is 0 Å². The van der Waals surface area contributed by atoms with Gasteiger partial charge in [-0.25, -0.2) is 4.79 Å². The topological polar surface area (TPSA) is 46.5 Å². The fourth-order valence-electron chi connectivity index (χ4n) is 0.986. The van der Waals surface area contributed by atoms with E-state index in [0.29, 0.717) is 10.8 Å². The number of hydrogen-bond acceptors (Lipinski definition) is 2. The van der Waals surface area contributed by atoms with Crippen LogP contribution in [0.15, 0.2) is 18.2 Å². The first-order valence-corrected chi connectivity index (χ1v) is 4.54. The Kier molecular flexibility index (Phi) is 3.36. The average Bonchev–Trinajstić information content (AvgIpc) is 2.09. The molecule has 0 radical (unpaired) electrons. The minimum atomic E-state index is -0.987. The van der Waals surface area contributed by atoms with Crippen LogP contribution in [0.1, 0.15) is 12.5 Å². The second kappa shape index (κ2) is 4.33. The molecule has 1 aromatic rings. The first-order chi connectivity index (χ1) is 6.50. The molecule has 0 aliphatic carbocycles. The zero-order chi connectivity index (χ0) is 10.7. The van der Waals surface area contributed by atoms with Crippen LogP contribution in [0.2, 0.25) is 5.02 Å². The van der Waals surface area contributed by atoms with Crippen molar-refractivity contribution in [3.05, 3.63) is 28.8 Å². The largest absolute Gasteiger partial charge is 0.479 e. The smallest absolute Gasteiger partial charge is 0.344 e. The summed E-state index contributed by atoms with van der Waals surface area (Å²) < 4.78 is 5.20. The molecule has 1 N–H and O–H groups in total. The second-order valence-electron chi connectivity index (χ2n) is 3.01. The SMILES string of the molecule is CC(O[13c]1[13cH][13cH][13c](Cl)[13cH][13c]1C)C(=O)O. The zero-order valence-corrected chi connectivity index (χ0v) is 8.71. The maximum absolute atomic E-state index is 10.5. The van der Waals surface area contributed by atoms with Crippen molar-refractivity contribution in [3.63, 3.8) is 0 Å². The van der Waals surface area contributed by atoms with E-state index in [1.54, 1.807) is 18.2 Å². The van der Waals surface area contributed by atoms with Crippen molar-refractivity contribution in [1.29, 1.82) is 0 Å². The highest BCUT2D eigenvalue weighted by molar-refractivity contribution is 6.30. The van der Waals surface area contributed by atoms with Crippen molar-refractivity contribution in [2.75, 3.05) is 0 Å². The van der Waals surface area contributed by atoms with Crippen molar-refractivity contribution in [3.8, 4) is 5.75 Å². The molecule has 0 aromatic heterocycles. The summed E-state index contributed by atoms with van der Waals surface area (Å²) >= 11 is 5.74. The van der Waals surface area contributed by atoms with Gasteiger partial charge in [-0.3, -0.25) is 0 Å². The number of halogens is 1. The fourth-order valence-corrected chi connectivity index (χ4v) is 1.21. The van der Waals surface area contributed by atoms with Gasteiger partial charge in [0.15, 0.2) is 6.10 Å². The van der Waals surface area contributed by atoms with Crippen LogP contribution in [0.25, 0.3) is 0 Å². The molecule has 0 bridgehead atoms. The van der Waals surface area contributed by atoms with Gasteiger partial charge in [0.05, 0.1) is 0 Å². The van der Waals surface area contributed by atoms with E-state index in [-0.39, 0.29) is 0 Å². The monoisotopic (exact) mass is 220 g/mol. The zero-order valence-electron chi connectivity index (χ0n) is 7.95. The molecule has 0 heterocycles. The molecule has 14 heavy (non-hydrogen) atoms. The molecule has 1 unspecified atom stereocenters. The van der Waals surface area contributed by atoms with E-state index < -0.39 is 12.1 Å². The van der Waals surface area contributed by atoms with Gasteiger partial charge >= 0.3 is 5.97 Å². The number of carbonyl (C=O) groups is 1. The molecule has 4 heteroatoms. The van der Waals surface area contributed by atoms with Crippen LogP contribution in [0.4, 0.5) is 0 Å². The second-order valence-corrected chi connectivity index (χ2v) is 3.44. The molecule has 1 atom stereocenters. The molecule has 0 amide bonds. The number of carboxylic acids is 1. The van der Waals surface area contributed by atoms with E-state index in [4.69, 9.17) is 21.4 Å². The lowest BCUT2D eigenvalue weighted by Crippen LogP contribution is -2.23. The molecular weight excluding hydrogens is 210 g/mol. The number of aryl methyl sites for hydroxylation is 1. The van der Waals surface area contributed by atoms with E-state index in [1.807, 2.05) is 6.92 Å². The molecule has 76 valence electrons. The van der Waals surface area contributed by atoms with Gasteiger partial charge in [-0.1, -0.05) is 11.6 Å². The summed E-state index contributed by atoms with van der Waals surface area (Å²) in [6, 6.07) is 5.06. The highest BCUT2D eigenvalue weighted by Crippen LogP contribution is 2.22. The number of hydrogen-bond donors (Lipinski definition) is 1. The molecule has 0 saturated heterocycles. The van der Waals surface area contributed by atoms with Crippen molar-refractivity contribution in [1.82, 2.24) is 0 Å². The van der Waals surface area contributed by atoms with Gasteiger partial charge < -0.3 is 9.84 Å². The third-order valence-corrected chi connectivity index (χ3v) is 2.02. The minimum absolute atomic E-state index is 0.546. The normalized spacial score (nSPS) is 12.2. The molecule has 0 saturated carbocycles. The molecule has 1 rings (SSSR count). The predicted molar refractivity (Wildman–Crippen MR) is 53.9 cm³/mol. The van der Waals surface area contributed by atoms with Crippen molar-refractivity contribution >= 4 is 17.6 Å². The molecule has 0 aliphatic rings. The Labute approximate surface area is 87.3 Å². The van der Waals surface area contributed by atoms with Crippen molar-refractivity contribution in [2.45, 2.75) is 20.0 Å². The van der Waals surface area contributed by atoms with Gasteiger partial charge in [0.1, 0.15) is 5.75 Å². The maximum atomic E-state index is 10.5. The van der Waals surface area contributed by atoms with Gasteiger partial charge in [0.2, 0.25) is 0 Å². The van der Waals surface area contributed by atoms with Crippen LogP contribution in [-0.2, 0) is 4.79 Å². The summed E-state index contributed by atoms with van der Waals surface area (Å²) in [5.74, 6) is -0.441. The van der Waals surface area contributed by atoms with Crippen molar-refractivity contribution < 1.29 is 14.6 Å². The molecule has 0 spiro atoms. The lowest BCUT2D eigenvalue weighted by atomic mass is 10.4. The Bertz CT molecular complexity index is 349. The number of benzene rings is 1.